The van der Waals surface area contributed by atoms with Gasteiger partial charge in [0.2, 0.25) is 11.8 Å². The zero-order chi connectivity index (χ0) is 19.2. The maximum absolute atomic E-state index is 12.1. The van der Waals surface area contributed by atoms with Gasteiger partial charge in [0, 0.05) is 6.54 Å². The van der Waals surface area contributed by atoms with Gasteiger partial charge >= 0.3 is 12.1 Å². The summed E-state index contributed by atoms with van der Waals surface area (Å²) in [4.78, 5) is 48.2. The Morgan fingerprint density at radius 2 is 1.92 bits per heavy atom. The number of primary amides is 1. The van der Waals surface area contributed by atoms with Crippen molar-refractivity contribution in [3.05, 3.63) is 0 Å². The number of ether oxygens (including phenoxy) is 2. The van der Waals surface area contributed by atoms with Gasteiger partial charge in [0.15, 0.2) is 0 Å². The van der Waals surface area contributed by atoms with E-state index in [-0.39, 0.29) is 18.9 Å². The van der Waals surface area contributed by atoms with Gasteiger partial charge in [-0.3, -0.25) is 9.59 Å². The summed E-state index contributed by atoms with van der Waals surface area (Å²) in [6.45, 7) is 6.91. The van der Waals surface area contributed by atoms with Crippen molar-refractivity contribution in [3.63, 3.8) is 0 Å². The minimum absolute atomic E-state index is 0.0469. The molecule has 0 radical (unpaired) electrons. The van der Waals surface area contributed by atoms with Crippen LogP contribution < -0.4 is 11.1 Å². The van der Waals surface area contributed by atoms with Gasteiger partial charge in [-0.15, -0.1) is 0 Å². The largest absolute Gasteiger partial charge is 0.464 e. The highest BCUT2D eigenvalue weighted by molar-refractivity contribution is 5.87. The molecule has 1 aliphatic rings. The quantitative estimate of drug-likeness (QED) is 0.658. The number of nitrogens with zero attached hydrogens (tertiary/aromatic N) is 1. The Morgan fingerprint density at radius 1 is 1.28 bits per heavy atom. The highest BCUT2D eigenvalue weighted by atomic mass is 16.6. The molecule has 1 fully saturated rings. The van der Waals surface area contributed by atoms with E-state index in [1.54, 1.807) is 20.8 Å². The molecule has 9 heteroatoms. The average Bonchev–Trinajstić information content (AvgIpc) is 2.94. The number of likely N-dealkylation sites (tertiary alicyclic amines) is 1. The molecule has 0 aliphatic carbocycles. The summed E-state index contributed by atoms with van der Waals surface area (Å²) in [6, 6.07) is -1.49. The molecule has 0 aromatic rings. The van der Waals surface area contributed by atoms with Crippen LogP contribution in [0.15, 0.2) is 0 Å². The standard InChI is InChI=1S/C16H27N3O6/c1-10(18-15(23)25-16(2,3)4)14(22)24-9-7-12(20)19-8-5-6-11(19)13(17)21/h10-11H,5-9H2,1-4H3,(H2,17,21)(H,18,23). The first kappa shape index (κ1) is 20.7. The van der Waals surface area contributed by atoms with Crippen molar-refractivity contribution in [2.45, 2.75) is 64.6 Å². The molecule has 142 valence electrons. The minimum Gasteiger partial charge on any atom is -0.464 e. The van der Waals surface area contributed by atoms with E-state index in [0.717, 1.165) is 6.42 Å². The fraction of sp³-hybridized carbons (Fsp3) is 0.750. The van der Waals surface area contributed by atoms with Crippen LogP contribution in [0.2, 0.25) is 0 Å². The number of esters is 1. The zero-order valence-corrected chi connectivity index (χ0v) is 15.2. The monoisotopic (exact) mass is 357 g/mol. The van der Waals surface area contributed by atoms with Crippen molar-refractivity contribution in [1.82, 2.24) is 10.2 Å². The van der Waals surface area contributed by atoms with Gasteiger partial charge < -0.3 is 25.4 Å². The van der Waals surface area contributed by atoms with Crippen LogP contribution in [0.4, 0.5) is 4.79 Å². The normalized spacial score (nSPS) is 18.4. The number of nitrogens with two attached hydrogens (primary N) is 1. The lowest BCUT2D eigenvalue weighted by Crippen LogP contribution is -2.44. The van der Waals surface area contributed by atoms with E-state index in [1.807, 2.05) is 0 Å². The van der Waals surface area contributed by atoms with Crippen LogP contribution >= 0.6 is 0 Å². The van der Waals surface area contributed by atoms with Crippen molar-refractivity contribution in [3.8, 4) is 0 Å². The molecular formula is C16H27N3O6. The first-order valence-corrected chi connectivity index (χ1v) is 8.26. The second kappa shape index (κ2) is 8.68. The molecule has 1 aliphatic heterocycles. The van der Waals surface area contributed by atoms with E-state index < -0.39 is 35.7 Å². The second-order valence-electron chi connectivity index (χ2n) is 6.93. The van der Waals surface area contributed by atoms with Crippen molar-refractivity contribution in [2.75, 3.05) is 13.2 Å². The molecule has 1 rings (SSSR count). The van der Waals surface area contributed by atoms with Gasteiger partial charge in [-0.05, 0) is 40.5 Å². The lowest BCUT2D eigenvalue weighted by Gasteiger charge is -2.22. The lowest BCUT2D eigenvalue weighted by atomic mass is 10.2. The summed E-state index contributed by atoms with van der Waals surface area (Å²) < 4.78 is 10.0. The van der Waals surface area contributed by atoms with Gasteiger partial charge in [-0.1, -0.05) is 0 Å². The number of alkyl carbamates (subject to hydrolysis) is 1. The minimum atomic E-state index is -0.907. The number of amides is 3. The summed E-state index contributed by atoms with van der Waals surface area (Å²) in [5.74, 6) is -1.49. The molecule has 0 aromatic heterocycles. The van der Waals surface area contributed by atoms with Gasteiger partial charge in [-0.25, -0.2) is 9.59 Å². The summed E-state index contributed by atoms with van der Waals surface area (Å²) >= 11 is 0. The van der Waals surface area contributed by atoms with Gasteiger partial charge in [-0.2, -0.15) is 0 Å². The van der Waals surface area contributed by atoms with Gasteiger partial charge in [0.05, 0.1) is 6.42 Å². The zero-order valence-electron chi connectivity index (χ0n) is 15.2. The summed E-state index contributed by atoms with van der Waals surface area (Å²) in [7, 11) is 0. The first-order valence-electron chi connectivity index (χ1n) is 8.26. The highest BCUT2D eigenvalue weighted by Gasteiger charge is 2.32. The molecule has 2 unspecified atom stereocenters. The molecule has 3 amide bonds. The maximum atomic E-state index is 12.1. The van der Waals surface area contributed by atoms with Crippen molar-refractivity contribution in [1.29, 1.82) is 0 Å². The summed E-state index contributed by atoms with van der Waals surface area (Å²) in [5, 5.41) is 2.36. The number of carbonyl (C=O) groups is 4. The Balaban J connectivity index is 2.35. The molecule has 9 nitrogen and oxygen atoms in total. The topological polar surface area (TPSA) is 128 Å². The summed E-state index contributed by atoms with van der Waals surface area (Å²) in [5.41, 5.74) is 4.59. The lowest BCUT2D eigenvalue weighted by molar-refractivity contribution is -0.148. The van der Waals surface area contributed by atoms with Crippen LogP contribution in [-0.4, -0.2) is 59.6 Å². The molecule has 0 spiro atoms. The van der Waals surface area contributed by atoms with Gasteiger partial charge in [0.25, 0.3) is 0 Å². The number of hydrogen-bond acceptors (Lipinski definition) is 6. The molecule has 0 aromatic carbocycles. The van der Waals surface area contributed by atoms with E-state index in [4.69, 9.17) is 15.2 Å². The van der Waals surface area contributed by atoms with Crippen LogP contribution in [0.3, 0.4) is 0 Å². The molecular weight excluding hydrogens is 330 g/mol. The molecule has 25 heavy (non-hydrogen) atoms. The Morgan fingerprint density at radius 3 is 2.48 bits per heavy atom. The first-order chi connectivity index (χ1) is 11.5. The maximum Gasteiger partial charge on any atom is 0.408 e. The smallest absolute Gasteiger partial charge is 0.408 e. The van der Waals surface area contributed by atoms with Crippen molar-refractivity contribution in [2.24, 2.45) is 5.73 Å². The average molecular weight is 357 g/mol. The number of hydrogen-bond donors (Lipinski definition) is 2. The van der Waals surface area contributed by atoms with E-state index in [1.165, 1.54) is 11.8 Å². The molecule has 0 bridgehead atoms. The summed E-state index contributed by atoms with van der Waals surface area (Å²) in [6.07, 6.45) is 0.497. The van der Waals surface area contributed by atoms with Crippen LogP contribution in [0, 0.1) is 0 Å². The molecule has 3 N–H and O–H groups in total. The Bertz CT molecular complexity index is 528. The Kier molecular flexibility index (Phi) is 7.20. The van der Waals surface area contributed by atoms with Crippen LogP contribution in [0.5, 0.6) is 0 Å². The fourth-order valence-corrected chi connectivity index (χ4v) is 2.41. The molecule has 1 saturated heterocycles. The number of rotatable bonds is 6. The fourth-order valence-electron chi connectivity index (χ4n) is 2.41. The van der Waals surface area contributed by atoms with E-state index in [9.17, 15) is 19.2 Å². The number of carbonyl (C=O) groups excluding carboxylic acids is 4. The van der Waals surface area contributed by atoms with E-state index in [2.05, 4.69) is 5.32 Å². The van der Waals surface area contributed by atoms with Crippen molar-refractivity contribution >= 4 is 23.9 Å². The SMILES string of the molecule is CC(NC(=O)OC(C)(C)C)C(=O)OCCC(=O)N1CCCC1C(N)=O. The molecule has 2 atom stereocenters. The third-order valence-electron chi connectivity index (χ3n) is 3.55. The molecule has 0 saturated carbocycles. The Hall–Kier alpha value is -2.32. The van der Waals surface area contributed by atoms with E-state index >= 15 is 0 Å². The van der Waals surface area contributed by atoms with E-state index in [0.29, 0.717) is 13.0 Å². The predicted molar refractivity (Wildman–Crippen MR) is 88.3 cm³/mol. The predicted octanol–water partition coefficient (Wildman–Crippen LogP) is 0.309. The van der Waals surface area contributed by atoms with Crippen molar-refractivity contribution < 1.29 is 28.7 Å². The number of nitrogens with one attached hydrogen (secondary N) is 1. The highest BCUT2D eigenvalue weighted by Crippen LogP contribution is 2.17. The van der Waals surface area contributed by atoms with Crippen LogP contribution in [0.1, 0.15) is 47.0 Å². The third kappa shape index (κ3) is 6.98. The van der Waals surface area contributed by atoms with Crippen LogP contribution in [-0.2, 0) is 23.9 Å². The Labute approximate surface area is 147 Å². The van der Waals surface area contributed by atoms with Crippen LogP contribution in [0.25, 0.3) is 0 Å². The van der Waals surface area contributed by atoms with Gasteiger partial charge in [0.1, 0.15) is 24.3 Å². The molecule has 1 heterocycles. The second-order valence-corrected chi connectivity index (χ2v) is 6.93. The third-order valence-corrected chi connectivity index (χ3v) is 3.55.